The van der Waals surface area contributed by atoms with Gasteiger partial charge in [0, 0.05) is 24.1 Å². The smallest absolute Gasteiger partial charge is 0.0673 e. The van der Waals surface area contributed by atoms with Gasteiger partial charge in [0.2, 0.25) is 0 Å². The topological polar surface area (TPSA) is 21.3 Å². The van der Waals surface area contributed by atoms with Gasteiger partial charge in [0.25, 0.3) is 0 Å². The van der Waals surface area contributed by atoms with Gasteiger partial charge in [-0.1, -0.05) is 36.4 Å². The van der Waals surface area contributed by atoms with Crippen molar-refractivity contribution in [3.63, 3.8) is 0 Å². The molecule has 0 amide bonds. The van der Waals surface area contributed by atoms with Crippen LogP contribution < -0.4 is 5.32 Å². The zero-order valence-electron chi connectivity index (χ0n) is 10.9. The van der Waals surface area contributed by atoms with Crippen molar-refractivity contribution in [3.05, 3.63) is 58.3 Å². The van der Waals surface area contributed by atoms with Crippen LogP contribution in [0.5, 0.6) is 0 Å². The first-order chi connectivity index (χ1) is 9.43. The zero-order chi connectivity index (χ0) is 12.9. The number of benzene rings is 1. The van der Waals surface area contributed by atoms with Crippen LogP contribution in [0.1, 0.15) is 29.3 Å². The molecular weight excluding hydrogens is 254 g/mol. The summed E-state index contributed by atoms with van der Waals surface area (Å²) in [5.74, 6) is 0. The predicted octanol–water partition coefficient (Wildman–Crippen LogP) is 3.61. The second kappa shape index (κ2) is 6.33. The molecule has 3 heteroatoms. The van der Waals surface area contributed by atoms with Crippen LogP contribution in [-0.2, 0) is 4.74 Å². The van der Waals surface area contributed by atoms with E-state index in [1.54, 1.807) is 0 Å². The molecule has 2 nitrogen and oxygen atoms in total. The van der Waals surface area contributed by atoms with Gasteiger partial charge in [0.05, 0.1) is 6.04 Å². The van der Waals surface area contributed by atoms with Crippen LogP contribution in [0.2, 0.25) is 0 Å². The van der Waals surface area contributed by atoms with Crippen LogP contribution in [0.3, 0.4) is 0 Å². The Hall–Kier alpha value is -1.16. The number of thiophene rings is 1. The predicted molar refractivity (Wildman–Crippen MR) is 79.6 cm³/mol. The van der Waals surface area contributed by atoms with E-state index in [-0.39, 0.29) is 0 Å². The highest BCUT2D eigenvalue weighted by molar-refractivity contribution is 7.10. The lowest BCUT2D eigenvalue weighted by Gasteiger charge is -2.28. The van der Waals surface area contributed by atoms with Crippen molar-refractivity contribution in [2.24, 2.45) is 0 Å². The van der Waals surface area contributed by atoms with E-state index in [0.717, 1.165) is 26.1 Å². The largest absolute Gasteiger partial charge is 0.381 e. The Balaban J connectivity index is 1.80. The molecular formula is C16H19NOS. The number of ether oxygens (including phenoxy) is 1. The van der Waals surface area contributed by atoms with Gasteiger partial charge in [-0.05, 0) is 29.9 Å². The number of nitrogens with one attached hydrogen (secondary N) is 1. The minimum atomic E-state index is 0.310. The summed E-state index contributed by atoms with van der Waals surface area (Å²) in [7, 11) is 0. The maximum atomic E-state index is 5.44. The molecule has 0 saturated carbocycles. The molecule has 1 unspecified atom stereocenters. The molecule has 1 N–H and O–H groups in total. The molecule has 0 aliphatic carbocycles. The van der Waals surface area contributed by atoms with Gasteiger partial charge >= 0.3 is 0 Å². The molecule has 1 aliphatic rings. The quantitative estimate of drug-likeness (QED) is 0.919. The highest BCUT2D eigenvalue weighted by Crippen LogP contribution is 2.27. The van der Waals surface area contributed by atoms with Crippen molar-refractivity contribution in [2.45, 2.75) is 24.9 Å². The summed E-state index contributed by atoms with van der Waals surface area (Å²) < 4.78 is 5.44. The van der Waals surface area contributed by atoms with Crippen LogP contribution in [0.25, 0.3) is 0 Å². The normalized spacial score (nSPS) is 18.3. The maximum absolute atomic E-state index is 5.44. The molecule has 3 rings (SSSR count). The van der Waals surface area contributed by atoms with Crippen molar-refractivity contribution in [3.8, 4) is 0 Å². The second-order valence-electron chi connectivity index (χ2n) is 4.91. The summed E-state index contributed by atoms with van der Waals surface area (Å²) in [5.41, 5.74) is 1.34. The van der Waals surface area contributed by atoms with Gasteiger partial charge in [0.1, 0.15) is 0 Å². The van der Waals surface area contributed by atoms with Gasteiger partial charge in [-0.3, -0.25) is 0 Å². The van der Waals surface area contributed by atoms with Gasteiger partial charge < -0.3 is 10.1 Å². The fourth-order valence-corrected chi connectivity index (χ4v) is 3.36. The van der Waals surface area contributed by atoms with E-state index in [2.05, 4.69) is 53.2 Å². The molecule has 1 fully saturated rings. The third kappa shape index (κ3) is 3.24. The van der Waals surface area contributed by atoms with Crippen molar-refractivity contribution in [2.75, 3.05) is 13.2 Å². The molecule has 0 bridgehead atoms. The van der Waals surface area contributed by atoms with Gasteiger partial charge in [-0.2, -0.15) is 0 Å². The molecule has 0 spiro atoms. The van der Waals surface area contributed by atoms with E-state index in [9.17, 15) is 0 Å². The lowest BCUT2D eigenvalue weighted by molar-refractivity contribution is 0.0762. The number of hydrogen-bond acceptors (Lipinski definition) is 3. The average molecular weight is 273 g/mol. The van der Waals surface area contributed by atoms with Crippen LogP contribution in [-0.4, -0.2) is 19.3 Å². The molecule has 2 heterocycles. The van der Waals surface area contributed by atoms with E-state index in [0.29, 0.717) is 12.1 Å². The van der Waals surface area contributed by atoms with E-state index in [1.807, 2.05) is 11.3 Å². The Morgan fingerprint density at radius 2 is 1.84 bits per heavy atom. The summed E-state index contributed by atoms with van der Waals surface area (Å²) in [6, 6.07) is 15.9. The van der Waals surface area contributed by atoms with Crippen LogP contribution in [0, 0.1) is 0 Å². The van der Waals surface area contributed by atoms with Crippen molar-refractivity contribution in [1.82, 2.24) is 5.32 Å². The molecule has 1 saturated heterocycles. The molecule has 0 radical (unpaired) electrons. The Kier molecular flexibility index (Phi) is 4.28. The summed E-state index contributed by atoms with van der Waals surface area (Å²) in [6.45, 7) is 1.76. The van der Waals surface area contributed by atoms with Crippen LogP contribution in [0.15, 0.2) is 47.8 Å². The van der Waals surface area contributed by atoms with Crippen LogP contribution >= 0.6 is 11.3 Å². The first-order valence-corrected chi connectivity index (χ1v) is 7.73. The lowest BCUT2D eigenvalue weighted by atomic mass is 10.0. The fourth-order valence-electron chi connectivity index (χ4n) is 2.54. The highest BCUT2D eigenvalue weighted by atomic mass is 32.1. The van der Waals surface area contributed by atoms with Gasteiger partial charge in [-0.15, -0.1) is 11.3 Å². The average Bonchev–Trinajstić information content (AvgIpc) is 3.01. The lowest BCUT2D eigenvalue weighted by Crippen LogP contribution is -2.37. The standard InChI is InChI=1S/C16H19NOS/c1-2-5-13(6-3-1)16(15-7-4-12-19-15)17-14-8-10-18-11-9-14/h1-7,12,14,16-17H,8-11H2. The second-order valence-corrected chi connectivity index (χ2v) is 5.89. The van der Waals surface area contributed by atoms with Crippen molar-refractivity contribution < 1.29 is 4.74 Å². The Morgan fingerprint density at radius 1 is 1.05 bits per heavy atom. The molecule has 1 atom stereocenters. The fraction of sp³-hybridized carbons (Fsp3) is 0.375. The molecule has 2 aromatic rings. The molecule has 1 aliphatic heterocycles. The number of rotatable bonds is 4. The Labute approximate surface area is 118 Å². The SMILES string of the molecule is c1ccc(C(NC2CCOCC2)c2cccs2)cc1. The third-order valence-corrected chi connectivity index (χ3v) is 4.52. The Bertz CT molecular complexity index is 477. The van der Waals surface area contributed by atoms with Crippen molar-refractivity contribution in [1.29, 1.82) is 0 Å². The monoisotopic (exact) mass is 273 g/mol. The minimum absolute atomic E-state index is 0.310. The van der Waals surface area contributed by atoms with E-state index >= 15 is 0 Å². The summed E-state index contributed by atoms with van der Waals surface area (Å²) >= 11 is 1.82. The Morgan fingerprint density at radius 3 is 2.53 bits per heavy atom. The highest BCUT2D eigenvalue weighted by Gasteiger charge is 2.21. The molecule has 1 aromatic heterocycles. The first kappa shape index (κ1) is 12.9. The van der Waals surface area contributed by atoms with E-state index < -0.39 is 0 Å². The summed E-state index contributed by atoms with van der Waals surface area (Å²) in [4.78, 5) is 1.39. The zero-order valence-corrected chi connectivity index (χ0v) is 11.7. The van der Waals surface area contributed by atoms with Crippen LogP contribution in [0.4, 0.5) is 0 Å². The first-order valence-electron chi connectivity index (χ1n) is 6.85. The third-order valence-electron chi connectivity index (χ3n) is 3.58. The maximum Gasteiger partial charge on any atom is 0.0673 e. The van der Waals surface area contributed by atoms with Crippen molar-refractivity contribution >= 4 is 11.3 Å². The van der Waals surface area contributed by atoms with E-state index in [4.69, 9.17) is 4.74 Å². The molecule has 1 aromatic carbocycles. The molecule has 19 heavy (non-hydrogen) atoms. The van der Waals surface area contributed by atoms with Gasteiger partial charge in [-0.25, -0.2) is 0 Å². The number of hydrogen-bond donors (Lipinski definition) is 1. The minimum Gasteiger partial charge on any atom is -0.381 e. The molecule has 100 valence electrons. The van der Waals surface area contributed by atoms with E-state index in [1.165, 1.54) is 10.4 Å². The van der Waals surface area contributed by atoms with Gasteiger partial charge in [0.15, 0.2) is 0 Å². The summed E-state index contributed by atoms with van der Waals surface area (Å²) in [6.07, 6.45) is 2.21. The summed E-state index contributed by atoms with van der Waals surface area (Å²) in [5, 5.41) is 5.95.